The van der Waals surface area contributed by atoms with Crippen molar-refractivity contribution in [2.45, 2.75) is 77.9 Å². The number of carboxylic acids is 1. The summed E-state index contributed by atoms with van der Waals surface area (Å²) < 4.78 is 5.98. The molecule has 0 aromatic heterocycles. The van der Waals surface area contributed by atoms with Gasteiger partial charge in [-0.1, -0.05) is 24.6 Å². The van der Waals surface area contributed by atoms with Gasteiger partial charge in [-0.2, -0.15) is 0 Å². The Hall–Kier alpha value is -1.88. The Morgan fingerprint density at radius 3 is 2.73 bits per heavy atom. The van der Waals surface area contributed by atoms with E-state index in [2.05, 4.69) is 19.9 Å². The van der Waals surface area contributed by atoms with Gasteiger partial charge in [0.05, 0.1) is 0 Å². The molecule has 144 valence electrons. The average molecular weight is 362 g/mol. The molecule has 1 unspecified atom stereocenters. The number of aliphatic carboxylic acids is 1. The van der Waals surface area contributed by atoms with Crippen molar-refractivity contribution in [1.82, 2.24) is 0 Å². The number of carbonyl (C=O) groups is 2. The number of hydrogen-bond acceptors (Lipinski definition) is 4. The topological polar surface area (TPSA) is 83.8 Å². The molecule has 0 aromatic carbocycles. The van der Waals surface area contributed by atoms with Crippen molar-refractivity contribution in [3.8, 4) is 0 Å². The minimum Gasteiger partial charge on any atom is -0.494 e. The van der Waals surface area contributed by atoms with E-state index in [1.807, 2.05) is 0 Å². The number of aliphatic hydroxyl groups excluding tert-OH is 1. The summed E-state index contributed by atoms with van der Waals surface area (Å²) in [6.07, 6.45) is 8.41. The second-order valence-electron chi connectivity index (χ2n) is 7.52. The Bertz CT molecular complexity index is 641. The number of allylic oxidation sites excluding steroid dienone is 4. The van der Waals surface area contributed by atoms with Gasteiger partial charge in [-0.3, -0.25) is 4.79 Å². The molecular weight excluding hydrogens is 332 g/mol. The maximum Gasteiger partial charge on any atom is 0.330 e. The van der Waals surface area contributed by atoms with Gasteiger partial charge in [0.1, 0.15) is 18.0 Å². The first kappa shape index (κ1) is 20.4. The first-order chi connectivity index (χ1) is 12.3. The molecule has 3 atom stereocenters. The Kier molecular flexibility index (Phi) is 7.21. The molecule has 2 aliphatic rings. The van der Waals surface area contributed by atoms with E-state index in [1.54, 1.807) is 13.0 Å². The van der Waals surface area contributed by atoms with Crippen molar-refractivity contribution < 1.29 is 24.5 Å². The predicted octanol–water partition coefficient (Wildman–Crippen LogP) is 3.93. The number of aliphatic hydroxyl groups is 1. The third-order valence-corrected chi connectivity index (χ3v) is 5.36. The van der Waals surface area contributed by atoms with Crippen LogP contribution in [0.2, 0.25) is 0 Å². The molecule has 1 aliphatic carbocycles. The van der Waals surface area contributed by atoms with Crippen LogP contribution in [0.5, 0.6) is 0 Å². The van der Waals surface area contributed by atoms with Gasteiger partial charge >= 0.3 is 5.97 Å². The molecule has 2 rings (SSSR count). The van der Waals surface area contributed by atoms with E-state index >= 15 is 0 Å². The molecule has 0 radical (unpaired) electrons. The molecule has 0 bridgehead atoms. The summed E-state index contributed by atoms with van der Waals surface area (Å²) in [5.41, 5.74) is 2.35. The molecule has 0 amide bonds. The normalized spacial score (nSPS) is 25.2. The smallest absolute Gasteiger partial charge is 0.330 e. The fraction of sp³-hybridized carbons (Fsp3) is 0.619. The molecule has 1 heterocycles. The summed E-state index contributed by atoms with van der Waals surface area (Å²) in [5.74, 6) is 0.119. The summed E-state index contributed by atoms with van der Waals surface area (Å²) in [6, 6.07) is 0. The van der Waals surface area contributed by atoms with Gasteiger partial charge in [-0.25, -0.2) is 4.79 Å². The van der Waals surface area contributed by atoms with Gasteiger partial charge in [0.2, 0.25) is 0 Å². The van der Waals surface area contributed by atoms with Crippen LogP contribution < -0.4 is 0 Å². The number of carbonyl (C=O) groups excluding carboxylic acids is 1. The molecular formula is C21H30O5. The summed E-state index contributed by atoms with van der Waals surface area (Å²) in [5, 5.41) is 18.5. The maximum absolute atomic E-state index is 12.0. The molecule has 0 aromatic rings. The van der Waals surface area contributed by atoms with E-state index in [4.69, 9.17) is 9.84 Å². The monoisotopic (exact) mass is 362 g/mol. The molecule has 0 saturated carbocycles. The van der Waals surface area contributed by atoms with Crippen molar-refractivity contribution >= 4 is 11.8 Å². The number of ketones is 1. The molecule has 1 aliphatic heterocycles. The van der Waals surface area contributed by atoms with E-state index in [0.29, 0.717) is 36.3 Å². The van der Waals surface area contributed by atoms with Gasteiger partial charge < -0.3 is 14.9 Å². The van der Waals surface area contributed by atoms with Crippen LogP contribution in [-0.4, -0.2) is 34.2 Å². The Morgan fingerprint density at radius 2 is 2.04 bits per heavy atom. The lowest BCUT2D eigenvalue weighted by atomic mass is 9.89. The number of ether oxygens (including phenoxy) is 1. The molecule has 0 saturated heterocycles. The number of hydrogen-bond donors (Lipinski definition) is 2. The Balaban J connectivity index is 1.74. The lowest BCUT2D eigenvalue weighted by Gasteiger charge is -2.20. The van der Waals surface area contributed by atoms with Crippen molar-refractivity contribution in [2.24, 2.45) is 5.92 Å². The maximum atomic E-state index is 12.0. The summed E-state index contributed by atoms with van der Waals surface area (Å²) in [7, 11) is 0. The molecule has 0 fully saturated rings. The van der Waals surface area contributed by atoms with Crippen LogP contribution in [0.4, 0.5) is 0 Å². The van der Waals surface area contributed by atoms with Crippen molar-refractivity contribution in [2.75, 3.05) is 0 Å². The lowest BCUT2D eigenvalue weighted by Crippen LogP contribution is -2.26. The van der Waals surface area contributed by atoms with Gasteiger partial charge in [0.15, 0.2) is 5.78 Å². The quantitative estimate of drug-likeness (QED) is 0.505. The minimum absolute atomic E-state index is 0.0316. The van der Waals surface area contributed by atoms with Gasteiger partial charge in [-0.15, -0.1) is 0 Å². The van der Waals surface area contributed by atoms with Gasteiger partial charge in [0, 0.05) is 24.0 Å². The minimum atomic E-state index is -0.862. The summed E-state index contributed by atoms with van der Waals surface area (Å²) in [4.78, 5) is 22.8. The SMILES string of the molecule is C/C(=C\CCC(C)[C@@H]1CC2=C(CC[C@@H](O)C2=O)O1)CC/C=C(\C)C(=O)O. The van der Waals surface area contributed by atoms with Crippen LogP contribution in [0.25, 0.3) is 0 Å². The Morgan fingerprint density at radius 1 is 1.31 bits per heavy atom. The van der Waals surface area contributed by atoms with Crippen molar-refractivity contribution in [3.63, 3.8) is 0 Å². The second-order valence-corrected chi connectivity index (χ2v) is 7.52. The number of carboxylic acid groups (broad SMARTS) is 1. The first-order valence-corrected chi connectivity index (χ1v) is 9.46. The highest BCUT2D eigenvalue weighted by Gasteiger charge is 2.38. The van der Waals surface area contributed by atoms with Crippen LogP contribution in [-0.2, 0) is 14.3 Å². The fourth-order valence-corrected chi connectivity index (χ4v) is 3.46. The predicted molar refractivity (Wildman–Crippen MR) is 99.5 cm³/mol. The third-order valence-electron chi connectivity index (χ3n) is 5.36. The van der Waals surface area contributed by atoms with Crippen LogP contribution in [0.1, 0.15) is 65.7 Å². The van der Waals surface area contributed by atoms with E-state index in [-0.39, 0.29) is 11.9 Å². The molecule has 5 nitrogen and oxygen atoms in total. The standard InChI is InChI=1S/C21H30O5/c1-13(7-5-9-15(3)21(24)25)6-4-8-14(2)19-12-16-18(26-19)11-10-17(22)20(16)23/h6,9,14,17,19,22H,4-5,7-8,10-12H2,1-3H3,(H,24,25)/b13-6+,15-9+/t14?,17-,19+/m1/s1. The van der Waals surface area contributed by atoms with Crippen LogP contribution in [0, 0.1) is 5.92 Å². The summed E-state index contributed by atoms with van der Waals surface area (Å²) >= 11 is 0. The van der Waals surface area contributed by atoms with Crippen molar-refractivity contribution in [3.05, 3.63) is 34.6 Å². The van der Waals surface area contributed by atoms with Crippen LogP contribution in [0.15, 0.2) is 34.6 Å². The molecule has 2 N–H and O–H groups in total. The zero-order chi connectivity index (χ0) is 19.3. The third kappa shape index (κ3) is 5.31. The Labute approximate surface area is 155 Å². The van der Waals surface area contributed by atoms with E-state index in [9.17, 15) is 14.7 Å². The second kappa shape index (κ2) is 9.17. The summed E-state index contributed by atoms with van der Waals surface area (Å²) in [6.45, 7) is 5.83. The highest BCUT2D eigenvalue weighted by molar-refractivity contribution is 6.00. The molecule has 5 heteroatoms. The van der Waals surface area contributed by atoms with E-state index in [0.717, 1.165) is 31.4 Å². The fourth-order valence-electron chi connectivity index (χ4n) is 3.46. The zero-order valence-corrected chi connectivity index (χ0v) is 16.0. The lowest BCUT2D eigenvalue weighted by molar-refractivity contribution is -0.132. The highest BCUT2D eigenvalue weighted by Crippen LogP contribution is 2.37. The van der Waals surface area contributed by atoms with E-state index in [1.165, 1.54) is 5.57 Å². The largest absolute Gasteiger partial charge is 0.494 e. The van der Waals surface area contributed by atoms with Gasteiger partial charge in [0.25, 0.3) is 0 Å². The van der Waals surface area contributed by atoms with Crippen molar-refractivity contribution in [1.29, 1.82) is 0 Å². The van der Waals surface area contributed by atoms with Crippen LogP contribution in [0.3, 0.4) is 0 Å². The molecule has 26 heavy (non-hydrogen) atoms. The average Bonchev–Trinajstić information content (AvgIpc) is 3.03. The zero-order valence-electron chi connectivity index (χ0n) is 16.0. The number of Topliss-reactive ketones (excluding diaryl/α,β-unsaturated/α-hetero) is 1. The number of rotatable bonds is 8. The van der Waals surface area contributed by atoms with Crippen LogP contribution >= 0.6 is 0 Å². The molecule has 0 spiro atoms. The van der Waals surface area contributed by atoms with E-state index < -0.39 is 12.1 Å². The highest BCUT2D eigenvalue weighted by atomic mass is 16.5. The first-order valence-electron chi connectivity index (χ1n) is 9.46. The van der Waals surface area contributed by atoms with Gasteiger partial charge in [-0.05, 0) is 51.9 Å².